The van der Waals surface area contributed by atoms with Crippen molar-refractivity contribution in [3.63, 3.8) is 0 Å². The first-order chi connectivity index (χ1) is 10.9. The van der Waals surface area contributed by atoms with Gasteiger partial charge in [0.25, 0.3) is 0 Å². The molecule has 0 unspecified atom stereocenters. The maximum atomic E-state index is 13.0. The molecule has 0 radical (unpaired) electrons. The van der Waals surface area contributed by atoms with Crippen LogP contribution in [0.3, 0.4) is 0 Å². The van der Waals surface area contributed by atoms with Crippen molar-refractivity contribution in [3.05, 3.63) is 54.1 Å². The standard InChI is InChI=1S/C16H13F6NO/c1-14(15(17,18)19,16(20,21)22)10-2-6-12(7-3-10)24-13-8-4-11(23)5-9-13/h2-9H,23H2,1H3. The molecule has 2 nitrogen and oxygen atoms in total. The first-order valence-corrected chi connectivity index (χ1v) is 6.72. The molecule has 0 aliphatic carbocycles. The monoisotopic (exact) mass is 349 g/mol. The van der Waals surface area contributed by atoms with Crippen molar-refractivity contribution in [2.24, 2.45) is 0 Å². The average molecular weight is 349 g/mol. The van der Waals surface area contributed by atoms with Gasteiger partial charge in [0.2, 0.25) is 0 Å². The fraction of sp³-hybridized carbons (Fsp3) is 0.250. The molecule has 2 aromatic carbocycles. The van der Waals surface area contributed by atoms with Crippen LogP contribution in [0.5, 0.6) is 11.5 Å². The number of ether oxygens (including phenoxy) is 1. The summed E-state index contributed by atoms with van der Waals surface area (Å²) < 4.78 is 83.4. The molecule has 0 aromatic heterocycles. The second-order valence-electron chi connectivity index (χ2n) is 5.32. The van der Waals surface area contributed by atoms with Crippen molar-refractivity contribution in [1.82, 2.24) is 0 Å². The van der Waals surface area contributed by atoms with Crippen molar-refractivity contribution in [2.45, 2.75) is 24.7 Å². The lowest BCUT2D eigenvalue weighted by molar-refractivity contribution is -0.297. The highest BCUT2D eigenvalue weighted by Crippen LogP contribution is 2.51. The summed E-state index contributed by atoms with van der Waals surface area (Å²) in [5.74, 6) is 0.460. The zero-order valence-corrected chi connectivity index (χ0v) is 12.4. The minimum absolute atomic E-state index is 0.107. The SMILES string of the molecule is CC(c1ccc(Oc2ccc(N)cc2)cc1)(C(F)(F)F)C(F)(F)F. The van der Waals surface area contributed by atoms with Crippen LogP contribution in [-0.4, -0.2) is 12.4 Å². The second-order valence-corrected chi connectivity index (χ2v) is 5.32. The molecule has 0 saturated heterocycles. The zero-order chi connectivity index (χ0) is 18.2. The molecule has 0 atom stereocenters. The van der Waals surface area contributed by atoms with Crippen LogP contribution in [0, 0.1) is 0 Å². The highest BCUT2D eigenvalue weighted by Gasteiger charge is 2.68. The quantitative estimate of drug-likeness (QED) is 0.591. The maximum absolute atomic E-state index is 13.0. The first-order valence-electron chi connectivity index (χ1n) is 6.72. The van der Waals surface area contributed by atoms with E-state index in [0.29, 0.717) is 11.4 Å². The van der Waals surface area contributed by atoms with Gasteiger partial charge in [-0.2, -0.15) is 26.3 Å². The van der Waals surface area contributed by atoms with E-state index in [2.05, 4.69) is 0 Å². The van der Waals surface area contributed by atoms with E-state index in [9.17, 15) is 26.3 Å². The Bertz CT molecular complexity index is 674. The van der Waals surface area contributed by atoms with E-state index in [1.807, 2.05) is 0 Å². The fourth-order valence-corrected chi connectivity index (χ4v) is 2.02. The van der Waals surface area contributed by atoms with Gasteiger partial charge in [-0.15, -0.1) is 0 Å². The number of benzene rings is 2. The number of rotatable bonds is 3. The first kappa shape index (κ1) is 18.0. The van der Waals surface area contributed by atoms with E-state index in [4.69, 9.17) is 10.5 Å². The topological polar surface area (TPSA) is 35.2 Å². The van der Waals surface area contributed by atoms with E-state index >= 15 is 0 Å². The predicted octanol–water partition coefficient (Wildman–Crippen LogP) is 5.44. The molecule has 0 bridgehead atoms. The van der Waals surface area contributed by atoms with Crippen molar-refractivity contribution in [1.29, 1.82) is 0 Å². The second kappa shape index (κ2) is 5.92. The highest BCUT2D eigenvalue weighted by molar-refractivity contribution is 5.43. The molecule has 24 heavy (non-hydrogen) atoms. The number of nitrogen functional groups attached to an aromatic ring is 1. The van der Waals surface area contributed by atoms with Gasteiger partial charge in [-0.1, -0.05) is 12.1 Å². The molecule has 130 valence electrons. The third-order valence-electron chi connectivity index (χ3n) is 3.68. The summed E-state index contributed by atoms with van der Waals surface area (Å²) in [6.07, 6.45) is -11.0. The molecule has 2 rings (SSSR count). The van der Waals surface area contributed by atoms with Crippen molar-refractivity contribution in [2.75, 3.05) is 5.73 Å². The lowest BCUT2D eigenvalue weighted by Crippen LogP contribution is -2.51. The van der Waals surface area contributed by atoms with E-state index in [0.717, 1.165) is 24.3 Å². The molecule has 0 fully saturated rings. The molecule has 0 heterocycles. The summed E-state index contributed by atoms with van der Waals surface area (Å²) in [4.78, 5) is 0. The number of hydrogen-bond donors (Lipinski definition) is 1. The predicted molar refractivity (Wildman–Crippen MR) is 76.8 cm³/mol. The molecule has 0 amide bonds. The molecule has 8 heteroatoms. The van der Waals surface area contributed by atoms with E-state index < -0.39 is 23.3 Å². The van der Waals surface area contributed by atoms with Crippen molar-refractivity contribution in [3.8, 4) is 11.5 Å². The molecule has 0 aliphatic heterocycles. The van der Waals surface area contributed by atoms with Gasteiger partial charge in [0.05, 0.1) is 0 Å². The number of halogens is 6. The summed E-state index contributed by atoms with van der Waals surface area (Å²) in [6, 6.07) is 9.78. The van der Waals surface area contributed by atoms with Crippen LogP contribution < -0.4 is 10.5 Å². The number of anilines is 1. The van der Waals surface area contributed by atoms with Gasteiger partial charge in [-0.3, -0.25) is 0 Å². The van der Waals surface area contributed by atoms with Gasteiger partial charge >= 0.3 is 12.4 Å². The van der Waals surface area contributed by atoms with Crippen molar-refractivity contribution < 1.29 is 31.1 Å². The van der Waals surface area contributed by atoms with Gasteiger partial charge in [0, 0.05) is 5.69 Å². The summed E-state index contributed by atoms with van der Waals surface area (Å²) in [6.45, 7) is 0.114. The van der Waals surface area contributed by atoms with Crippen LogP contribution in [0.25, 0.3) is 0 Å². The smallest absolute Gasteiger partial charge is 0.406 e. The Hall–Kier alpha value is -2.38. The summed E-state index contributed by atoms with van der Waals surface area (Å²) in [5.41, 5.74) is 1.12. The normalized spacial score (nSPS) is 13.0. The molecular weight excluding hydrogens is 336 g/mol. The number of hydrogen-bond acceptors (Lipinski definition) is 2. The largest absolute Gasteiger partial charge is 0.457 e. The minimum atomic E-state index is -5.48. The summed E-state index contributed by atoms with van der Waals surface area (Å²) in [5, 5.41) is 0. The maximum Gasteiger partial charge on any atom is 0.406 e. The Labute approximate surface area is 133 Å². The van der Waals surface area contributed by atoms with Gasteiger partial charge < -0.3 is 10.5 Å². The van der Waals surface area contributed by atoms with Gasteiger partial charge in [0.15, 0.2) is 5.41 Å². The van der Waals surface area contributed by atoms with Crippen LogP contribution in [0.2, 0.25) is 0 Å². The third-order valence-corrected chi connectivity index (χ3v) is 3.68. The van der Waals surface area contributed by atoms with Crippen LogP contribution in [-0.2, 0) is 5.41 Å². The van der Waals surface area contributed by atoms with Gasteiger partial charge in [-0.25, -0.2) is 0 Å². The molecule has 0 saturated carbocycles. The number of alkyl halides is 6. The molecule has 0 aliphatic rings. The molecule has 0 spiro atoms. The lowest BCUT2D eigenvalue weighted by atomic mass is 9.81. The Balaban J connectivity index is 2.32. The number of nitrogens with two attached hydrogens (primary N) is 1. The lowest BCUT2D eigenvalue weighted by Gasteiger charge is -2.34. The minimum Gasteiger partial charge on any atom is -0.457 e. The third kappa shape index (κ3) is 3.27. The summed E-state index contributed by atoms with van der Waals surface area (Å²) in [7, 11) is 0. The Kier molecular flexibility index (Phi) is 4.43. The highest BCUT2D eigenvalue weighted by atomic mass is 19.4. The van der Waals surface area contributed by atoms with Crippen LogP contribution in [0.4, 0.5) is 32.0 Å². The van der Waals surface area contributed by atoms with Gasteiger partial charge in [0.1, 0.15) is 11.5 Å². The van der Waals surface area contributed by atoms with Crippen LogP contribution in [0.1, 0.15) is 12.5 Å². The summed E-state index contributed by atoms with van der Waals surface area (Å²) >= 11 is 0. The average Bonchev–Trinajstić information content (AvgIpc) is 2.47. The molecular formula is C16H13F6NO. The van der Waals surface area contributed by atoms with Gasteiger partial charge in [-0.05, 0) is 48.9 Å². The Morgan fingerprint density at radius 3 is 1.46 bits per heavy atom. The van der Waals surface area contributed by atoms with Crippen molar-refractivity contribution >= 4 is 5.69 Å². The van der Waals surface area contributed by atoms with E-state index in [-0.39, 0.29) is 12.7 Å². The zero-order valence-electron chi connectivity index (χ0n) is 12.4. The van der Waals surface area contributed by atoms with E-state index in [1.54, 1.807) is 12.1 Å². The van der Waals surface area contributed by atoms with E-state index in [1.165, 1.54) is 12.1 Å². The van der Waals surface area contributed by atoms with Crippen LogP contribution >= 0.6 is 0 Å². The molecule has 2 N–H and O–H groups in total. The Morgan fingerprint density at radius 2 is 1.08 bits per heavy atom. The fourth-order valence-electron chi connectivity index (χ4n) is 2.02. The molecule has 2 aromatic rings. The Morgan fingerprint density at radius 1 is 0.708 bits per heavy atom. The van der Waals surface area contributed by atoms with Crippen LogP contribution in [0.15, 0.2) is 48.5 Å².